The summed E-state index contributed by atoms with van der Waals surface area (Å²) in [6.45, 7) is 1.05. The van der Waals surface area contributed by atoms with Crippen molar-refractivity contribution in [3.05, 3.63) is 90.3 Å². The Morgan fingerprint density at radius 1 is 0.966 bits per heavy atom. The van der Waals surface area contributed by atoms with E-state index in [2.05, 4.69) is 9.97 Å². The fraction of sp³-hybridized carbons (Fsp3) is 0.182. The third kappa shape index (κ3) is 3.67. The molecule has 1 atom stereocenters. The third-order valence-corrected chi connectivity index (χ3v) is 4.98. The summed E-state index contributed by atoms with van der Waals surface area (Å²) >= 11 is 0. The van der Waals surface area contributed by atoms with Crippen LogP contribution in [0, 0.1) is 0 Å². The minimum absolute atomic E-state index is 0.107. The number of aromatic nitrogens is 3. The first kappa shape index (κ1) is 18.6. The van der Waals surface area contributed by atoms with E-state index in [1.807, 2.05) is 16.8 Å². The number of hydrogen-bond donors (Lipinski definition) is 1. The van der Waals surface area contributed by atoms with Gasteiger partial charge in [-0.2, -0.15) is 0 Å². The molecule has 1 aliphatic heterocycles. The molecular formula is C22H20N4O3. The monoisotopic (exact) mass is 388 g/mol. The lowest BCUT2D eigenvalue weighted by molar-refractivity contribution is -0.139. The van der Waals surface area contributed by atoms with Gasteiger partial charge in [-0.05, 0) is 24.1 Å². The van der Waals surface area contributed by atoms with E-state index < -0.39 is 17.7 Å². The summed E-state index contributed by atoms with van der Waals surface area (Å²) in [5, 5.41) is 10.9. The maximum atomic E-state index is 12.9. The van der Waals surface area contributed by atoms with Gasteiger partial charge >= 0.3 is 0 Å². The molecule has 0 bridgehead atoms. The van der Waals surface area contributed by atoms with E-state index in [1.165, 1.54) is 4.90 Å². The molecule has 0 saturated carbocycles. The van der Waals surface area contributed by atoms with Crippen LogP contribution in [0.15, 0.2) is 79.2 Å². The second-order valence-electron chi connectivity index (χ2n) is 6.79. The van der Waals surface area contributed by atoms with Gasteiger partial charge in [-0.3, -0.25) is 14.6 Å². The Bertz CT molecular complexity index is 1030. The molecule has 0 spiro atoms. The van der Waals surface area contributed by atoms with E-state index in [0.717, 1.165) is 5.56 Å². The van der Waals surface area contributed by atoms with Crippen LogP contribution in [0.2, 0.25) is 0 Å². The van der Waals surface area contributed by atoms with Crippen molar-refractivity contribution in [2.24, 2.45) is 0 Å². The number of carbonyl (C=O) groups is 2. The minimum Gasteiger partial charge on any atom is -0.507 e. The predicted octanol–water partition coefficient (Wildman–Crippen LogP) is 2.79. The van der Waals surface area contributed by atoms with E-state index in [1.54, 1.807) is 61.3 Å². The average molecular weight is 388 g/mol. The van der Waals surface area contributed by atoms with Crippen LogP contribution in [0.4, 0.5) is 0 Å². The summed E-state index contributed by atoms with van der Waals surface area (Å²) in [5.74, 6) is -1.44. The SMILES string of the molecule is O=C1C(=O)N(CCCn2ccnc2)[C@H](c2ccncc2)C1=C(O)c1ccccc1. The summed E-state index contributed by atoms with van der Waals surface area (Å²) in [6.07, 6.45) is 9.14. The molecule has 4 rings (SSSR count). The molecule has 29 heavy (non-hydrogen) atoms. The van der Waals surface area contributed by atoms with E-state index in [4.69, 9.17) is 0 Å². The largest absolute Gasteiger partial charge is 0.507 e. The van der Waals surface area contributed by atoms with Gasteiger partial charge in [-0.1, -0.05) is 30.3 Å². The molecule has 146 valence electrons. The highest BCUT2D eigenvalue weighted by Crippen LogP contribution is 2.39. The zero-order chi connectivity index (χ0) is 20.2. The van der Waals surface area contributed by atoms with Crippen molar-refractivity contribution >= 4 is 17.4 Å². The number of ketones is 1. The van der Waals surface area contributed by atoms with Crippen molar-refractivity contribution in [3.8, 4) is 0 Å². The molecule has 1 aliphatic rings. The van der Waals surface area contributed by atoms with Gasteiger partial charge in [-0.25, -0.2) is 4.98 Å². The van der Waals surface area contributed by atoms with Gasteiger partial charge in [-0.15, -0.1) is 0 Å². The van der Waals surface area contributed by atoms with Crippen molar-refractivity contribution in [1.29, 1.82) is 0 Å². The highest BCUT2D eigenvalue weighted by molar-refractivity contribution is 6.46. The third-order valence-electron chi connectivity index (χ3n) is 4.98. The summed E-state index contributed by atoms with van der Waals surface area (Å²) in [4.78, 5) is 35.3. The number of likely N-dealkylation sites (tertiary alicyclic amines) is 1. The fourth-order valence-electron chi connectivity index (χ4n) is 3.60. The first-order valence-corrected chi connectivity index (χ1v) is 9.36. The van der Waals surface area contributed by atoms with Gasteiger partial charge in [0.1, 0.15) is 5.76 Å². The summed E-state index contributed by atoms with van der Waals surface area (Å²) in [5.41, 5.74) is 1.34. The molecule has 0 radical (unpaired) electrons. The van der Waals surface area contributed by atoms with E-state index in [-0.39, 0.29) is 11.3 Å². The maximum Gasteiger partial charge on any atom is 0.295 e. The summed E-state index contributed by atoms with van der Waals surface area (Å²) in [6, 6.07) is 11.7. The Labute approximate surface area is 168 Å². The molecule has 0 aliphatic carbocycles. The molecule has 1 saturated heterocycles. The van der Waals surface area contributed by atoms with Gasteiger partial charge in [0.05, 0.1) is 17.9 Å². The van der Waals surface area contributed by atoms with Gasteiger partial charge < -0.3 is 14.6 Å². The number of aryl methyl sites for hydroxylation is 1. The molecule has 1 amide bonds. The standard InChI is InChI=1S/C22H20N4O3/c27-20(17-5-2-1-3-6-17)18-19(16-7-9-23-10-8-16)26(22(29)21(18)28)13-4-12-25-14-11-24-15-25/h1-3,5-11,14-15,19,27H,4,12-13H2/t19-/m1/s1. The molecule has 1 fully saturated rings. The number of pyridine rings is 1. The Morgan fingerprint density at radius 3 is 2.41 bits per heavy atom. The maximum absolute atomic E-state index is 12.9. The summed E-state index contributed by atoms with van der Waals surface area (Å²) in [7, 11) is 0. The Balaban J connectivity index is 1.70. The second kappa shape index (κ2) is 8.10. The molecule has 7 heteroatoms. The van der Waals surface area contributed by atoms with Crippen LogP contribution in [0.3, 0.4) is 0 Å². The van der Waals surface area contributed by atoms with Gasteiger partial charge in [0.25, 0.3) is 11.7 Å². The molecule has 1 N–H and O–H groups in total. The van der Waals surface area contributed by atoms with Crippen molar-refractivity contribution in [2.45, 2.75) is 19.0 Å². The van der Waals surface area contributed by atoms with E-state index >= 15 is 0 Å². The van der Waals surface area contributed by atoms with Gasteiger partial charge in [0.2, 0.25) is 0 Å². The van der Waals surface area contributed by atoms with Gasteiger partial charge in [0.15, 0.2) is 0 Å². The number of Topliss-reactive ketones (excluding diaryl/α,β-unsaturated/α-hetero) is 1. The van der Waals surface area contributed by atoms with Crippen molar-refractivity contribution in [3.63, 3.8) is 0 Å². The Kier molecular flexibility index (Phi) is 5.20. The molecule has 0 unspecified atom stereocenters. The van der Waals surface area contributed by atoms with Crippen molar-refractivity contribution in [1.82, 2.24) is 19.4 Å². The topological polar surface area (TPSA) is 88.3 Å². The number of hydrogen-bond acceptors (Lipinski definition) is 5. The molecular weight excluding hydrogens is 368 g/mol. The van der Waals surface area contributed by atoms with Crippen LogP contribution in [-0.2, 0) is 16.1 Å². The summed E-state index contributed by atoms with van der Waals surface area (Å²) < 4.78 is 1.92. The van der Waals surface area contributed by atoms with Crippen LogP contribution in [0.1, 0.15) is 23.6 Å². The van der Waals surface area contributed by atoms with E-state index in [9.17, 15) is 14.7 Å². The van der Waals surface area contributed by atoms with Crippen LogP contribution in [0.25, 0.3) is 5.76 Å². The zero-order valence-electron chi connectivity index (χ0n) is 15.7. The fourth-order valence-corrected chi connectivity index (χ4v) is 3.60. The zero-order valence-corrected chi connectivity index (χ0v) is 15.7. The molecule has 3 heterocycles. The minimum atomic E-state index is -0.671. The molecule has 1 aromatic carbocycles. The molecule has 7 nitrogen and oxygen atoms in total. The number of carbonyl (C=O) groups excluding carboxylic acids is 2. The highest BCUT2D eigenvalue weighted by atomic mass is 16.3. The lowest BCUT2D eigenvalue weighted by Crippen LogP contribution is -2.31. The number of aliphatic hydroxyl groups excluding tert-OH is 1. The number of nitrogens with zero attached hydrogens (tertiary/aromatic N) is 4. The second-order valence-corrected chi connectivity index (χ2v) is 6.79. The lowest BCUT2D eigenvalue weighted by atomic mass is 9.96. The quantitative estimate of drug-likeness (QED) is 0.399. The predicted molar refractivity (Wildman–Crippen MR) is 107 cm³/mol. The smallest absolute Gasteiger partial charge is 0.295 e. The highest BCUT2D eigenvalue weighted by Gasteiger charge is 2.45. The number of imidazole rings is 1. The van der Waals surface area contributed by atoms with Crippen LogP contribution >= 0.6 is 0 Å². The Hall–Kier alpha value is -3.74. The van der Waals surface area contributed by atoms with Crippen molar-refractivity contribution < 1.29 is 14.7 Å². The first-order valence-electron chi connectivity index (χ1n) is 9.36. The first-order chi connectivity index (χ1) is 14.2. The number of amides is 1. The normalized spacial score (nSPS) is 18.3. The number of benzene rings is 1. The average Bonchev–Trinajstić information content (AvgIpc) is 3.37. The van der Waals surface area contributed by atoms with E-state index in [0.29, 0.717) is 25.1 Å². The van der Waals surface area contributed by atoms with Crippen molar-refractivity contribution in [2.75, 3.05) is 6.54 Å². The van der Waals surface area contributed by atoms with Crippen LogP contribution in [-0.4, -0.2) is 42.8 Å². The Morgan fingerprint density at radius 2 is 1.72 bits per heavy atom. The van der Waals surface area contributed by atoms with Gasteiger partial charge in [0, 0.05) is 43.4 Å². The molecule has 2 aromatic heterocycles. The molecule has 3 aromatic rings. The van der Waals surface area contributed by atoms with Crippen LogP contribution in [0.5, 0.6) is 0 Å². The lowest BCUT2D eigenvalue weighted by Gasteiger charge is -2.25. The van der Waals surface area contributed by atoms with Crippen LogP contribution < -0.4 is 0 Å². The number of rotatable bonds is 6. The number of aliphatic hydroxyl groups is 1.